The van der Waals surface area contributed by atoms with Crippen LogP contribution in [0.25, 0.3) is 0 Å². The van der Waals surface area contributed by atoms with Gasteiger partial charge in [-0.15, -0.1) is 0 Å². The molecule has 2 N–H and O–H groups in total. The predicted molar refractivity (Wildman–Crippen MR) is 112 cm³/mol. The highest BCUT2D eigenvalue weighted by atomic mass is 16.2. The first-order chi connectivity index (χ1) is 14.5. The minimum absolute atomic E-state index is 0.282. The molecular formula is C23H26N4O3. The Kier molecular flexibility index (Phi) is 5.55. The molecule has 0 saturated carbocycles. The summed E-state index contributed by atoms with van der Waals surface area (Å²) in [5.41, 5.74) is 2.25. The molecule has 0 spiro atoms. The smallest absolute Gasteiger partial charge is 0.325 e. The van der Waals surface area contributed by atoms with Gasteiger partial charge in [-0.2, -0.15) is 0 Å². The van der Waals surface area contributed by atoms with Gasteiger partial charge in [-0.1, -0.05) is 54.6 Å². The van der Waals surface area contributed by atoms with E-state index < -0.39 is 17.5 Å². The maximum atomic E-state index is 12.9. The lowest BCUT2D eigenvalue weighted by Crippen LogP contribution is -2.44. The molecule has 1 saturated heterocycles. The van der Waals surface area contributed by atoms with Crippen molar-refractivity contribution in [1.82, 2.24) is 20.4 Å². The zero-order chi connectivity index (χ0) is 21.1. The number of imide groups is 1. The van der Waals surface area contributed by atoms with Crippen LogP contribution < -0.4 is 10.6 Å². The lowest BCUT2D eigenvalue weighted by Gasteiger charge is -2.28. The highest BCUT2D eigenvalue weighted by Crippen LogP contribution is 2.28. The average molecular weight is 406 g/mol. The number of benzene rings is 2. The molecule has 2 aromatic rings. The molecule has 2 aliphatic rings. The van der Waals surface area contributed by atoms with E-state index in [1.807, 2.05) is 24.3 Å². The van der Waals surface area contributed by atoms with E-state index in [-0.39, 0.29) is 12.5 Å². The van der Waals surface area contributed by atoms with Gasteiger partial charge < -0.3 is 10.6 Å². The van der Waals surface area contributed by atoms with Crippen molar-refractivity contribution in [1.29, 1.82) is 0 Å². The van der Waals surface area contributed by atoms with Crippen LogP contribution in [0, 0.1) is 0 Å². The predicted octanol–water partition coefficient (Wildman–Crippen LogP) is 1.63. The molecule has 30 heavy (non-hydrogen) atoms. The number of amides is 4. The third-order valence-electron chi connectivity index (χ3n) is 5.89. The summed E-state index contributed by atoms with van der Waals surface area (Å²) >= 11 is 0. The van der Waals surface area contributed by atoms with Crippen LogP contribution in [0.4, 0.5) is 4.79 Å². The van der Waals surface area contributed by atoms with Gasteiger partial charge in [0.1, 0.15) is 12.1 Å². The Balaban J connectivity index is 1.28. The van der Waals surface area contributed by atoms with E-state index in [4.69, 9.17) is 0 Å². The highest BCUT2D eigenvalue weighted by molar-refractivity contribution is 6.09. The molecule has 1 unspecified atom stereocenters. The van der Waals surface area contributed by atoms with E-state index in [1.54, 1.807) is 19.1 Å². The Labute approximate surface area is 176 Å². The summed E-state index contributed by atoms with van der Waals surface area (Å²) in [7, 11) is 0. The maximum absolute atomic E-state index is 12.9. The molecule has 4 amide bonds. The Bertz CT molecular complexity index is 962. The summed E-state index contributed by atoms with van der Waals surface area (Å²) < 4.78 is 0. The van der Waals surface area contributed by atoms with Gasteiger partial charge in [0.2, 0.25) is 5.91 Å². The summed E-state index contributed by atoms with van der Waals surface area (Å²) in [6.07, 6.45) is 1.00. The minimum atomic E-state index is -1.15. The molecular weight excluding hydrogens is 380 g/mol. The number of nitrogens with zero attached hydrogens (tertiary/aromatic N) is 2. The van der Waals surface area contributed by atoms with Crippen LogP contribution in [-0.2, 0) is 28.1 Å². The molecule has 7 nitrogen and oxygen atoms in total. The standard InChI is InChI=1S/C23H26N4O3/c1-23(19-9-3-2-4-10-19)21(29)27(22(30)25-23)16-20(28)24-12-14-26-13-11-17-7-5-6-8-18(17)15-26/h2-10H,11-16H2,1H3,(H,24,28)(H,25,30). The van der Waals surface area contributed by atoms with Gasteiger partial charge in [-0.05, 0) is 30.0 Å². The van der Waals surface area contributed by atoms with Crippen molar-refractivity contribution in [3.8, 4) is 0 Å². The number of hydrogen-bond donors (Lipinski definition) is 2. The molecule has 0 radical (unpaired) electrons. The van der Waals surface area contributed by atoms with Crippen LogP contribution in [0.1, 0.15) is 23.6 Å². The molecule has 156 valence electrons. The van der Waals surface area contributed by atoms with Crippen molar-refractivity contribution in [2.24, 2.45) is 0 Å². The maximum Gasteiger partial charge on any atom is 0.325 e. The van der Waals surface area contributed by atoms with Gasteiger partial charge in [0.05, 0.1) is 0 Å². The molecule has 4 rings (SSSR count). The van der Waals surface area contributed by atoms with Gasteiger partial charge in [0, 0.05) is 26.2 Å². The summed E-state index contributed by atoms with van der Waals surface area (Å²) in [5, 5.41) is 5.55. The van der Waals surface area contributed by atoms with Gasteiger partial charge in [-0.25, -0.2) is 4.79 Å². The fraction of sp³-hybridized carbons (Fsp3) is 0.348. The van der Waals surface area contributed by atoms with Crippen LogP contribution >= 0.6 is 0 Å². The largest absolute Gasteiger partial charge is 0.353 e. The van der Waals surface area contributed by atoms with Crippen LogP contribution in [-0.4, -0.2) is 53.8 Å². The quantitative estimate of drug-likeness (QED) is 0.715. The molecule has 0 aliphatic carbocycles. The second kappa shape index (κ2) is 8.28. The van der Waals surface area contributed by atoms with E-state index in [2.05, 4.69) is 33.7 Å². The number of carbonyl (C=O) groups is 3. The summed E-state index contributed by atoms with van der Waals surface area (Å²) in [6.45, 7) is 4.40. The first-order valence-corrected chi connectivity index (χ1v) is 10.2. The fourth-order valence-corrected chi connectivity index (χ4v) is 4.11. The van der Waals surface area contributed by atoms with E-state index in [9.17, 15) is 14.4 Å². The molecule has 7 heteroatoms. The van der Waals surface area contributed by atoms with Crippen molar-refractivity contribution in [3.63, 3.8) is 0 Å². The van der Waals surface area contributed by atoms with Gasteiger partial charge in [-0.3, -0.25) is 19.4 Å². The van der Waals surface area contributed by atoms with Crippen LogP contribution in [0.15, 0.2) is 54.6 Å². The van der Waals surface area contributed by atoms with Gasteiger partial charge >= 0.3 is 6.03 Å². The normalized spacial score (nSPS) is 21.3. The van der Waals surface area contributed by atoms with Gasteiger partial charge in [0.15, 0.2) is 0 Å². The topological polar surface area (TPSA) is 81.8 Å². The fourth-order valence-electron chi connectivity index (χ4n) is 4.11. The zero-order valence-electron chi connectivity index (χ0n) is 17.1. The monoisotopic (exact) mass is 406 g/mol. The van der Waals surface area contributed by atoms with Crippen molar-refractivity contribution < 1.29 is 14.4 Å². The van der Waals surface area contributed by atoms with Crippen molar-refractivity contribution in [2.75, 3.05) is 26.2 Å². The third-order valence-corrected chi connectivity index (χ3v) is 5.89. The van der Waals surface area contributed by atoms with E-state index >= 15 is 0 Å². The van der Waals surface area contributed by atoms with Crippen molar-refractivity contribution in [3.05, 3.63) is 71.3 Å². The zero-order valence-corrected chi connectivity index (χ0v) is 17.1. The van der Waals surface area contributed by atoms with Crippen LogP contribution in [0.5, 0.6) is 0 Å². The Morgan fingerprint density at radius 3 is 2.53 bits per heavy atom. The van der Waals surface area contributed by atoms with Crippen LogP contribution in [0.2, 0.25) is 0 Å². The van der Waals surface area contributed by atoms with Gasteiger partial charge in [0.25, 0.3) is 5.91 Å². The minimum Gasteiger partial charge on any atom is -0.353 e. The SMILES string of the molecule is CC1(c2ccccc2)NC(=O)N(CC(=O)NCCN2CCc3ccccc3C2)C1=O. The molecule has 2 aromatic carbocycles. The Morgan fingerprint density at radius 1 is 1.07 bits per heavy atom. The Hall–Kier alpha value is -3.19. The molecule has 0 aromatic heterocycles. The second-order valence-corrected chi connectivity index (χ2v) is 7.96. The molecule has 0 bridgehead atoms. The molecule has 2 aliphatic heterocycles. The summed E-state index contributed by atoms with van der Waals surface area (Å²) in [6, 6.07) is 16.9. The summed E-state index contributed by atoms with van der Waals surface area (Å²) in [4.78, 5) is 40.9. The van der Waals surface area contributed by atoms with E-state index in [0.29, 0.717) is 12.1 Å². The molecule has 1 fully saturated rings. The number of fused-ring (bicyclic) bond motifs is 1. The number of carbonyl (C=O) groups excluding carboxylic acids is 3. The molecule has 2 heterocycles. The lowest BCUT2D eigenvalue weighted by molar-refractivity contribution is -0.134. The van der Waals surface area contributed by atoms with E-state index in [0.717, 1.165) is 31.0 Å². The second-order valence-electron chi connectivity index (χ2n) is 7.96. The first kappa shape index (κ1) is 20.1. The Morgan fingerprint density at radius 2 is 1.77 bits per heavy atom. The molecule has 1 atom stereocenters. The van der Waals surface area contributed by atoms with Crippen LogP contribution in [0.3, 0.4) is 0 Å². The lowest BCUT2D eigenvalue weighted by atomic mass is 9.92. The number of hydrogen-bond acceptors (Lipinski definition) is 4. The number of rotatable bonds is 6. The first-order valence-electron chi connectivity index (χ1n) is 10.2. The summed E-state index contributed by atoms with van der Waals surface area (Å²) in [5.74, 6) is -0.755. The van der Waals surface area contributed by atoms with Crippen molar-refractivity contribution >= 4 is 17.8 Å². The third kappa shape index (κ3) is 3.93. The van der Waals surface area contributed by atoms with Crippen molar-refractivity contribution in [2.45, 2.75) is 25.4 Å². The number of urea groups is 1. The number of nitrogens with one attached hydrogen (secondary N) is 2. The average Bonchev–Trinajstić information content (AvgIpc) is 2.98. The highest BCUT2D eigenvalue weighted by Gasteiger charge is 2.49. The van der Waals surface area contributed by atoms with E-state index in [1.165, 1.54) is 11.1 Å².